The highest BCUT2D eigenvalue weighted by molar-refractivity contribution is 7.15. The van der Waals surface area contributed by atoms with Gasteiger partial charge in [-0.05, 0) is 55.5 Å². The van der Waals surface area contributed by atoms with E-state index in [1.54, 1.807) is 11.3 Å². The van der Waals surface area contributed by atoms with Crippen LogP contribution in [0.15, 0.2) is 42.7 Å². The molecule has 0 spiro atoms. The predicted octanol–water partition coefficient (Wildman–Crippen LogP) is 4.13. The summed E-state index contributed by atoms with van der Waals surface area (Å²) in [5.41, 5.74) is 2.14. The Kier molecular flexibility index (Phi) is 8.43. The van der Waals surface area contributed by atoms with Crippen molar-refractivity contribution >= 4 is 29.4 Å². The van der Waals surface area contributed by atoms with Gasteiger partial charge >= 0.3 is 0 Å². The van der Waals surface area contributed by atoms with Crippen LogP contribution < -0.4 is 5.32 Å². The van der Waals surface area contributed by atoms with Crippen LogP contribution in [0.4, 0.5) is 11.6 Å². The summed E-state index contributed by atoms with van der Waals surface area (Å²) in [7, 11) is 0. The Morgan fingerprint density at radius 1 is 1.11 bits per heavy atom. The maximum Gasteiger partial charge on any atom is 0.209 e. The molecule has 2 fully saturated rings. The molecule has 4 atom stereocenters. The lowest BCUT2D eigenvalue weighted by molar-refractivity contribution is -0.117. The molecule has 1 amide bonds. The molecule has 4 heterocycles. The number of nitrogens with zero attached hydrogens (tertiary/aromatic N) is 4. The predicted molar refractivity (Wildman–Crippen MR) is 138 cm³/mol. The van der Waals surface area contributed by atoms with Crippen molar-refractivity contribution in [1.29, 1.82) is 0 Å². The first-order valence-corrected chi connectivity index (χ1v) is 12.9. The Morgan fingerprint density at radius 2 is 1.91 bits per heavy atom. The number of β-amino-alcohol motifs (C(OH)–C–C–N with tert-alkyl or cyclic N) is 2. The first kappa shape index (κ1) is 25.2. The van der Waals surface area contributed by atoms with Gasteiger partial charge in [0.25, 0.3) is 0 Å². The van der Waals surface area contributed by atoms with Crippen LogP contribution in [0.25, 0.3) is 10.6 Å². The van der Waals surface area contributed by atoms with Crippen LogP contribution in [-0.4, -0.2) is 61.8 Å². The van der Waals surface area contributed by atoms with Crippen molar-refractivity contribution in [1.82, 2.24) is 19.9 Å². The summed E-state index contributed by atoms with van der Waals surface area (Å²) < 4.78 is 0. The number of aryl methyl sites for hydroxylation is 1. The molecule has 0 aromatic carbocycles. The van der Waals surface area contributed by atoms with Gasteiger partial charge in [0.15, 0.2) is 0 Å². The SMILES string of the molecule is Cc1ccnc(Nc2cccc(-c3cnc(C4CCCC(C)C4)s3)n2)c1.O=CN1CC(O)C(O)C1. The van der Waals surface area contributed by atoms with Crippen molar-refractivity contribution in [3.63, 3.8) is 0 Å². The van der Waals surface area contributed by atoms with Gasteiger partial charge in [-0.25, -0.2) is 15.0 Å². The van der Waals surface area contributed by atoms with Crippen LogP contribution >= 0.6 is 11.3 Å². The number of anilines is 2. The van der Waals surface area contributed by atoms with Gasteiger partial charge in [0.1, 0.15) is 11.6 Å². The monoisotopic (exact) mass is 495 g/mol. The number of carbonyl (C=O) groups excluding carboxylic acids is 1. The molecule has 3 aromatic rings. The summed E-state index contributed by atoms with van der Waals surface area (Å²) in [6.07, 6.45) is 8.12. The topological polar surface area (TPSA) is 111 Å². The first-order valence-electron chi connectivity index (χ1n) is 12.1. The van der Waals surface area contributed by atoms with Crippen molar-refractivity contribution < 1.29 is 15.0 Å². The minimum atomic E-state index is -0.754. The standard InChI is InChI=1S/C21H24N4S.C5H9NO3/c1-14-5-3-6-16(11-14)21-23-13-18(26-21)17-7-4-8-19(24-17)25-20-12-15(2)9-10-22-20;7-3-6-1-4(8)5(9)2-6/h4,7-10,12-14,16H,3,5-6,11H2,1-2H3,(H,22,24,25);3-5,8-9H,1-2H2. The Balaban J connectivity index is 0.000000271. The number of aliphatic hydroxyl groups is 2. The number of hydrogen-bond donors (Lipinski definition) is 3. The molecule has 1 saturated carbocycles. The second-order valence-electron chi connectivity index (χ2n) is 9.48. The highest BCUT2D eigenvalue weighted by atomic mass is 32.1. The summed E-state index contributed by atoms with van der Waals surface area (Å²) >= 11 is 1.79. The van der Waals surface area contributed by atoms with Crippen molar-refractivity contribution in [3.8, 4) is 10.6 Å². The van der Waals surface area contributed by atoms with E-state index in [9.17, 15) is 4.79 Å². The van der Waals surface area contributed by atoms with Crippen LogP contribution in [0, 0.1) is 12.8 Å². The van der Waals surface area contributed by atoms with Gasteiger partial charge in [-0.2, -0.15) is 0 Å². The van der Waals surface area contributed by atoms with E-state index < -0.39 is 12.2 Å². The van der Waals surface area contributed by atoms with Crippen LogP contribution in [0.2, 0.25) is 0 Å². The van der Waals surface area contributed by atoms with E-state index in [0.29, 0.717) is 12.3 Å². The van der Waals surface area contributed by atoms with E-state index >= 15 is 0 Å². The van der Waals surface area contributed by atoms with E-state index in [2.05, 4.69) is 30.2 Å². The third kappa shape index (κ3) is 6.84. The minimum Gasteiger partial charge on any atom is -0.389 e. The van der Waals surface area contributed by atoms with Crippen LogP contribution in [0.3, 0.4) is 0 Å². The van der Waals surface area contributed by atoms with Crippen LogP contribution in [-0.2, 0) is 4.79 Å². The summed E-state index contributed by atoms with van der Waals surface area (Å²) in [6, 6.07) is 10.1. The van der Waals surface area contributed by atoms with Gasteiger partial charge in [0.05, 0.1) is 27.8 Å². The summed E-state index contributed by atoms with van der Waals surface area (Å²) in [5, 5.41) is 22.3. The normalized spacial score (nSPS) is 23.9. The number of pyridine rings is 2. The third-order valence-electron chi connectivity index (χ3n) is 6.42. The molecule has 186 valence electrons. The number of nitrogens with one attached hydrogen (secondary N) is 1. The molecule has 3 N–H and O–H groups in total. The first-order chi connectivity index (χ1) is 16.9. The van der Waals surface area contributed by atoms with Crippen molar-refractivity contribution in [2.45, 2.75) is 57.7 Å². The van der Waals surface area contributed by atoms with E-state index in [0.717, 1.165) is 28.1 Å². The molecular formula is C26H33N5O3S. The number of likely N-dealkylation sites (tertiary alicyclic amines) is 1. The fourth-order valence-electron chi connectivity index (χ4n) is 4.51. The zero-order valence-corrected chi connectivity index (χ0v) is 21.0. The second kappa shape index (κ2) is 11.7. The lowest BCUT2D eigenvalue weighted by Crippen LogP contribution is -2.22. The number of rotatable bonds is 5. The number of carbonyl (C=O) groups is 1. The molecule has 4 unspecified atom stereocenters. The minimum absolute atomic E-state index is 0.255. The molecule has 35 heavy (non-hydrogen) atoms. The molecule has 1 saturated heterocycles. The molecule has 8 nitrogen and oxygen atoms in total. The highest BCUT2D eigenvalue weighted by Crippen LogP contribution is 2.39. The van der Waals surface area contributed by atoms with E-state index in [1.807, 2.05) is 36.7 Å². The second-order valence-corrected chi connectivity index (χ2v) is 10.5. The van der Waals surface area contributed by atoms with Gasteiger partial charge in [-0.3, -0.25) is 4.79 Å². The summed E-state index contributed by atoms with van der Waals surface area (Å²) in [4.78, 5) is 26.3. The molecule has 5 rings (SSSR count). The Hall–Kier alpha value is -2.88. The van der Waals surface area contributed by atoms with E-state index in [-0.39, 0.29) is 13.1 Å². The molecule has 0 radical (unpaired) electrons. The van der Waals surface area contributed by atoms with Gasteiger partial charge < -0.3 is 20.4 Å². The largest absolute Gasteiger partial charge is 0.389 e. The molecule has 2 aliphatic rings. The fourth-order valence-corrected chi connectivity index (χ4v) is 5.55. The lowest BCUT2D eigenvalue weighted by atomic mass is 9.83. The van der Waals surface area contributed by atoms with E-state index in [4.69, 9.17) is 20.2 Å². The zero-order valence-electron chi connectivity index (χ0n) is 20.2. The Morgan fingerprint density at radius 3 is 2.60 bits per heavy atom. The van der Waals surface area contributed by atoms with Gasteiger partial charge in [0.2, 0.25) is 6.41 Å². The maximum atomic E-state index is 10.0. The van der Waals surface area contributed by atoms with Crippen LogP contribution in [0.5, 0.6) is 0 Å². The molecule has 9 heteroatoms. The highest BCUT2D eigenvalue weighted by Gasteiger charge is 2.28. The quantitative estimate of drug-likeness (QED) is 0.457. The number of aromatic nitrogens is 3. The number of thiazole rings is 1. The number of hydrogen-bond acceptors (Lipinski definition) is 8. The zero-order chi connectivity index (χ0) is 24.8. The van der Waals surface area contributed by atoms with Gasteiger partial charge in [-0.1, -0.05) is 25.8 Å². The average Bonchev–Trinajstić information content (AvgIpc) is 3.47. The van der Waals surface area contributed by atoms with E-state index in [1.165, 1.54) is 41.2 Å². The Labute approximate surface area is 210 Å². The fraction of sp³-hybridized carbons (Fsp3) is 0.462. The summed E-state index contributed by atoms with van der Waals surface area (Å²) in [5.74, 6) is 3.06. The van der Waals surface area contributed by atoms with Crippen LogP contribution in [0.1, 0.15) is 49.1 Å². The molecule has 0 bridgehead atoms. The molecule has 1 aliphatic carbocycles. The van der Waals surface area contributed by atoms with Crippen molar-refractivity contribution in [2.75, 3.05) is 18.4 Å². The van der Waals surface area contributed by atoms with Crippen molar-refractivity contribution in [3.05, 3.63) is 53.3 Å². The molecular weight excluding hydrogens is 462 g/mol. The van der Waals surface area contributed by atoms with Crippen molar-refractivity contribution in [2.24, 2.45) is 5.92 Å². The number of aliphatic hydroxyl groups excluding tert-OH is 2. The maximum absolute atomic E-state index is 10.0. The van der Waals surface area contributed by atoms with Gasteiger partial charge in [-0.15, -0.1) is 11.3 Å². The molecule has 1 aliphatic heterocycles. The lowest BCUT2D eigenvalue weighted by Gasteiger charge is -2.24. The van der Waals surface area contributed by atoms with Gasteiger partial charge in [0, 0.05) is 31.4 Å². The number of amides is 1. The summed E-state index contributed by atoms with van der Waals surface area (Å²) in [6.45, 7) is 4.92. The molecule has 3 aromatic heterocycles. The third-order valence-corrected chi connectivity index (χ3v) is 7.60. The smallest absolute Gasteiger partial charge is 0.209 e. The average molecular weight is 496 g/mol. The Bertz CT molecular complexity index is 1110.